The van der Waals surface area contributed by atoms with Crippen LogP contribution in [0.3, 0.4) is 0 Å². The highest BCUT2D eigenvalue weighted by Gasteiger charge is 2.06. The van der Waals surface area contributed by atoms with E-state index >= 15 is 0 Å². The van der Waals surface area contributed by atoms with Gasteiger partial charge >= 0.3 is 0 Å². The van der Waals surface area contributed by atoms with Crippen LogP contribution in [0.2, 0.25) is 0 Å². The number of nitrogens with one attached hydrogen (secondary N) is 1. The molecular formula is C17H19N3O. The summed E-state index contributed by atoms with van der Waals surface area (Å²) in [4.78, 5) is 0. The van der Waals surface area contributed by atoms with Gasteiger partial charge < -0.3 is 15.8 Å². The van der Waals surface area contributed by atoms with Gasteiger partial charge in [-0.2, -0.15) is 5.26 Å². The van der Waals surface area contributed by atoms with Crippen LogP contribution < -0.4 is 15.8 Å². The molecule has 4 heteroatoms. The number of ether oxygens (including phenoxy) is 1. The van der Waals surface area contributed by atoms with Crippen LogP contribution in [0.4, 0.5) is 17.1 Å². The molecule has 4 nitrogen and oxygen atoms in total. The van der Waals surface area contributed by atoms with E-state index < -0.39 is 0 Å². The minimum Gasteiger partial charge on any atom is -0.491 e. The molecular weight excluding hydrogens is 262 g/mol. The third-order valence-electron chi connectivity index (χ3n) is 3.25. The average molecular weight is 281 g/mol. The SMILES string of the molecule is CCC(C)Oc1cccc(Nc2cccc(C#N)c2N)c1. The Hall–Kier alpha value is -2.67. The number of hydrogen-bond donors (Lipinski definition) is 2. The monoisotopic (exact) mass is 281 g/mol. The van der Waals surface area contributed by atoms with Crippen LogP contribution in [-0.4, -0.2) is 6.10 Å². The van der Waals surface area contributed by atoms with Crippen molar-refractivity contribution in [1.82, 2.24) is 0 Å². The lowest BCUT2D eigenvalue weighted by Gasteiger charge is -2.15. The van der Waals surface area contributed by atoms with Crippen molar-refractivity contribution in [3.8, 4) is 11.8 Å². The summed E-state index contributed by atoms with van der Waals surface area (Å²) < 4.78 is 5.79. The van der Waals surface area contributed by atoms with E-state index in [1.807, 2.05) is 37.3 Å². The fourth-order valence-electron chi connectivity index (χ4n) is 1.89. The van der Waals surface area contributed by atoms with Crippen molar-refractivity contribution >= 4 is 17.1 Å². The van der Waals surface area contributed by atoms with Gasteiger partial charge in [0.25, 0.3) is 0 Å². The molecule has 0 saturated carbocycles. The van der Waals surface area contributed by atoms with Gasteiger partial charge in [-0.1, -0.05) is 19.1 Å². The fraction of sp³-hybridized carbons (Fsp3) is 0.235. The van der Waals surface area contributed by atoms with Crippen LogP contribution in [0.1, 0.15) is 25.8 Å². The Morgan fingerprint density at radius 1 is 1.29 bits per heavy atom. The molecule has 0 amide bonds. The van der Waals surface area contributed by atoms with Crippen molar-refractivity contribution in [2.24, 2.45) is 0 Å². The number of anilines is 3. The molecule has 2 rings (SSSR count). The molecule has 2 aromatic carbocycles. The van der Waals surface area contributed by atoms with E-state index in [1.54, 1.807) is 12.1 Å². The molecule has 1 atom stereocenters. The Balaban J connectivity index is 2.21. The summed E-state index contributed by atoms with van der Waals surface area (Å²) >= 11 is 0. The summed E-state index contributed by atoms with van der Waals surface area (Å²) in [5, 5.41) is 12.2. The summed E-state index contributed by atoms with van der Waals surface area (Å²) in [5.41, 5.74) is 8.47. The number of nitrogens with zero attached hydrogens (tertiary/aromatic N) is 1. The molecule has 21 heavy (non-hydrogen) atoms. The van der Waals surface area contributed by atoms with Crippen LogP contribution in [0.15, 0.2) is 42.5 Å². The molecule has 0 spiro atoms. The second-order valence-corrected chi connectivity index (χ2v) is 4.87. The molecule has 0 heterocycles. The maximum atomic E-state index is 9.00. The van der Waals surface area contributed by atoms with E-state index in [0.717, 1.165) is 23.5 Å². The van der Waals surface area contributed by atoms with Crippen LogP contribution in [0.5, 0.6) is 5.75 Å². The van der Waals surface area contributed by atoms with Crippen molar-refractivity contribution < 1.29 is 4.74 Å². The molecule has 0 aliphatic carbocycles. The van der Waals surface area contributed by atoms with E-state index in [2.05, 4.69) is 18.3 Å². The van der Waals surface area contributed by atoms with E-state index in [9.17, 15) is 0 Å². The molecule has 0 radical (unpaired) electrons. The number of rotatable bonds is 5. The summed E-state index contributed by atoms with van der Waals surface area (Å²) in [7, 11) is 0. The molecule has 0 bridgehead atoms. The first kappa shape index (κ1) is 14.7. The van der Waals surface area contributed by atoms with Gasteiger partial charge in [-0.05, 0) is 37.6 Å². The van der Waals surface area contributed by atoms with Crippen LogP contribution in [0.25, 0.3) is 0 Å². The maximum Gasteiger partial charge on any atom is 0.121 e. The summed E-state index contributed by atoms with van der Waals surface area (Å²) in [6.45, 7) is 4.12. The topological polar surface area (TPSA) is 71.1 Å². The molecule has 0 saturated heterocycles. The Morgan fingerprint density at radius 3 is 2.76 bits per heavy atom. The minimum atomic E-state index is 0.173. The van der Waals surface area contributed by atoms with Gasteiger partial charge in [0.15, 0.2) is 0 Å². The smallest absolute Gasteiger partial charge is 0.121 e. The van der Waals surface area contributed by atoms with Gasteiger partial charge in [-0.3, -0.25) is 0 Å². The van der Waals surface area contributed by atoms with E-state index in [0.29, 0.717) is 11.3 Å². The third-order valence-corrected chi connectivity index (χ3v) is 3.25. The van der Waals surface area contributed by atoms with Gasteiger partial charge in [-0.25, -0.2) is 0 Å². The lowest BCUT2D eigenvalue weighted by Crippen LogP contribution is -2.09. The van der Waals surface area contributed by atoms with Crippen molar-refractivity contribution in [3.63, 3.8) is 0 Å². The molecule has 3 N–H and O–H groups in total. The highest BCUT2D eigenvalue weighted by atomic mass is 16.5. The van der Waals surface area contributed by atoms with Crippen molar-refractivity contribution in [2.75, 3.05) is 11.1 Å². The molecule has 0 fully saturated rings. The Morgan fingerprint density at radius 2 is 2.05 bits per heavy atom. The number of benzene rings is 2. The summed E-state index contributed by atoms with van der Waals surface area (Å²) in [6.07, 6.45) is 1.13. The molecule has 0 aliphatic rings. The lowest BCUT2D eigenvalue weighted by atomic mass is 10.1. The second kappa shape index (κ2) is 6.67. The second-order valence-electron chi connectivity index (χ2n) is 4.87. The van der Waals surface area contributed by atoms with Crippen molar-refractivity contribution in [3.05, 3.63) is 48.0 Å². The maximum absolute atomic E-state index is 9.00. The Bertz CT molecular complexity index is 661. The number of para-hydroxylation sites is 1. The number of nitrogen functional groups attached to an aromatic ring is 1. The first-order chi connectivity index (χ1) is 10.1. The zero-order valence-electron chi connectivity index (χ0n) is 12.3. The zero-order valence-corrected chi connectivity index (χ0v) is 12.3. The Kier molecular flexibility index (Phi) is 4.68. The van der Waals surface area contributed by atoms with E-state index in [-0.39, 0.29) is 6.10 Å². The normalized spacial score (nSPS) is 11.5. The zero-order chi connectivity index (χ0) is 15.2. The van der Waals surface area contributed by atoms with Crippen LogP contribution in [-0.2, 0) is 0 Å². The first-order valence-corrected chi connectivity index (χ1v) is 6.96. The summed E-state index contributed by atoms with van der Waals surface area (Å²) in [5.74, 6) is 0.810. The average Bonchev–Trinajstić information content (AvgIpc) is 2.49. The van der Waals surface area contributed by atoms with E-state index in [4.69, 9.17) is 15.7 Å². The lowest BCUT2D eigenvalue weighted by molar-refractivity contribution is 0.217. The van der Waals surface area contributed by atoms with Gasteiger partial charge in [0, 0.05) is 11.8 Å². The third kappa shape index (κ3) is 3.67. The number of nitrogens with two attached hydrogens (primary N) is 1. The molecule has 108 valence electrons. The number of hydrogen-bond acceptors (Lipinski definition) is 4. The Labute approximate surface area is 125 Å². The predicted octanol–water partition coefficient (Wildman–Crippen LogP) is 4.06. The van der Waals surface area contributed by atoms with Gasteiger partial charge in [0.05, 0.1) is 23.0 Å². The van der Waals surface area contributed by atoms with Gasteiger partial charge in [0.2, 0.25) is 0 Å². The quantitative estimate of drug-likeness (QED) is 0.811. The van der Waals surface area contributed by atoms with E-state index in [1.165, 1.54) is 0 Å². The minimum absolute atomic E-state index is 0.173. The number of nitriles is 1. The molecule has 0 aromatic heterocycles. The standard InChI is InChI=1S/C17H19N3O/c1-3-12(2)21-15-8-5-7-14(10-15)20-16-9-4-6-13(11-18)17(16)19/h4-10,12,20H,3,19H2,1-2H3. The largest absolute Gasteiger partial charge is 0.491 e. The molecule has 1 unspecified atom stereocenters. The van der Waals surface area contributed by atoms with Crippen molar-refractivity contribution in [1.29, 1.82) is 5.26 Å². The predicted molar refractivity (Wildman–Crippen MR) is 85.7 cm³/mol. The van der Waals surface area contributed by atoms with Gasteiger partial charge in [-0.15, -0.1) is 0 Å². The molecule has 0 aliphatic heterocycles. The van der Waals surface area contributed by atoms with Crippen LogP contribution >= 0.6 is 0 Å². The van der Waals surface area contributed by atoms with Gasteiger partial charge in [0.1, 0.15) is 11.8 Å². The van der Waals surface area contributed by atoms with Crippen LogP contribution in [0, 0.1) is 11.3 Å². The fourth-order valence-corrected chi connectivity index (χ4v) is 1.89. The molecule has 2 aromatic rings. The highest BCUT2D eigenvalue weighted by Crippen LogP contribution is 2.27. The highest BCUT2D eigenvalue weighted by molar-refractivity contribution is 5.77. The van der Waals surface area contributed by atoms with Crippen molar-refractivity contribution in [2.45, 2.75) is 26.4 Å². The summed E-state index contributed by atoms with van der Waals surface area (Å²) in [6, 6.07) is 15.1. The first-order valence-electron chi connectivity index (χ1n) is 6.96.